The van der Waals surface area contributed by atoms with Crippen LogP contribution < -0.4 is 5.32 Å². The molecule has 1 aliphatic rings. The van der Waals surface area contributed by atoms with Crippen molar-refractivity contribution < 1.29 is 0 Å². The lowest BCUT2D eigenvalue weighted by atomic mass is 9.94. The van der Waals surface area contributed by atoms with E-state index in [4.69, 9.17) is 0 Å². The maximum atomic E-state index is 3.69. The van der Waals surface area contributed by atoms with Crippen molar-refractivity contribution in [2.45, 2.75) is 38.9 Å². The summed E-state index contributed by atoms with van der Waals surface area (Å²) in [6.07, 6.45) is 0. The van der Waals surface area contributed by atoms with Gasteiger partial charge in [-0.1, -0.05) is 30.3 Å². The van der Waals surface area contributed by atoms with E-state index in [1.165, 1.54) is 16.7 Å². The Kier molecular flexibility index (Phi) is 4.16. The molecule has 1 atom stereocenters. The molecule has 0 bridgehead atoms. The number of benzene rings is 1. The number of aryl methyl sites for hydroxylation is 1. The fraction of sp³-hybridized carbons (Fsp3) is 0.444. The minimum absolute atomic E-state index is 0.176. The number of piperazine rings is 1. The SMILES string of the molecule is Cc1cscc1CN1CC(C)(C)NCC1c1ccccc1. The van der Waals surface area contributed by atoms with Crippen LogP contribution in [0.5, 0.6) is 0 Å². The number of rotatable bonds is 3. The Morgan fingerprint density at radius 2 is 2.00 bits per heavy atom. The van der Waals surface area contributed by atoms with Crippen LogP contribution in [0.2, 0.25) is 0 Å². The lowest BCUT2D eigenvalue weighted by Crippen LogP contribution is -2.57. The van der Waals surface area contributed by atoms with E-state index in [0.717, 1.165) is 19.6 Å². The van der Waals surface area contributed by atoms with Gasteiger partial charge in [0.05, 0.1) is 0 Å². The van der Waals surface area contributed by atoms with Crippen LogP contribution in [0.1, 0.15) is 36.6 Å². The minimum atomic E-state index is 0.176. The molecule has 0 aliphatic carbocycles. The predicted octanol–water partition coefficient (Wildman–Crippen LogP) is 3.98. The molecule has 1 aromatic carbocycles. The lowest BCUT2D eigenvalue weighted by molar-refractivity contribution is 0.0879. The molecule has 2 aromatic rings. The Morgan fingerprint density at radius 1 is 1.24 bits per heavy atom. The Bertz CT molecular complexity index is 588. The lowest BCUT2D eigenvalue weighted by Gasteiger charge is -2.45. The zero-order valence-corrected chi connectivity index (χ0v) is 13.9. The standard InChI is InChI=1S/C18H24N2S/c1-14-11-21-12-16(14)10-20-13-18(2,3)19-9-17(20)15-7-5-4-6-8-15/h4-8,11-12,17,19H,9-10,13H2,1-3H3. The van der Waals surface area contributed by atoms with Crippen LogP contribution in [0.25, 0.3) is 0 Å². The van der Waals surface area contributed by atoms with Gasteiger partial charge in [-0.25, -0.2) is 0 Å². The summed E-state index contributed by atoms with van der Waals surface area (Å²) in [5.41, 5.74) is 4.48. The Labute approximate surface area is 131 Å². The molecule has 3 heteroatoms. The third-order valence-electron chi connectivity index (χ3n) is 4.33. The summed E-state index contributed by atoms with van der Waals surface area (Å²) in [5.74, 6) is 0. The summed E-state index contributed by atoms with van der Waals surface area (Å²) in [6.45, 7) is 9.93. The van der Waals surface area contributed by atoms with E-state index in [9.17, 15) is 0 Å². The number of hydrogen-bond donors (Lipinski definition) is 1. The van der Waals surface area contributed by atoms with Gasteiger partial charge >= 0.3 is 0 Å². The van der Waals surface area contributed by atoms with Gasteiger partial charge in [-0.15, -0.1) is 0 Å². The van der Waals surface area contributed by atoms with Gasteiger partial charge in [-0.3, -0.25) is 4.90 Å². The quantitative estimate of drug-likeness (QED) is 0.922. The molecule has 2 nitrogen and oxygen atoms in total. The molecule has 112 valence electrons. The maximum absolute atomic E-state index is 3.69. The molecule has 0 amide bonds. The molecule has 21 heavy (non-hydrogen) atoms. The van der Waals surface area contributed by atoms with E-state index < -0.39 is 0 Å². The van der Waals surface area contributed by atoms with Gasteiger partial charge in [0.1, 0.15) is 0 Å². The van der Waals surface area contributed by atoms with Crippen LogP contribution in [-0.2, 0) is 6.54 Å². The van der Waals surface area contributed by atoms with Crippen molar-refractivity contribution in [2.75, 3.05) is 13.1 Å². The smallest absolute Gasteiger partial charge is 0.0477 e. The number of thiophene rings is 1. The molecule has 1 saturated heterocycles. The first kappa shape index (κ1) is 14.8. The summed E-state index contributed by atoms with van der Waals surface area (Å²) < 4.78 is 0. The van der Waals surface area contributed by atoms with Crippen molar-refractivity contribution in [3.63, 3.8) is 0 Å². The average molecular weight is 300 g/mol. The van der Waals surface area contributed by atoms with Crippen molar-refractivity contribution in [2.24, 2.45) is 0 Å². The molecule has 0 spiro atoms. The summed E-state index contributed by atoms with van der Waals surface area (Å²) in [5, 5.41) is 8.24. The van der Waals surface area contributed by atoms with Crippen LogP contribution in [0.3, 0.4) is 0 Å². The molecule has 0 saturated carbocycles. The van der Waals surface area contributed by atoms with Crippen LogP contribution in [0.4, 0.5) is 0 Å². The van der Waals surface area contributed by atoms with Crippen LogP contribution in [-0.4, -0.2) is 23.5 Å². The van der Waals surface area contributed by atoms with Crippen molar-refractivity contribution in [3.8, 4) is 0 Å². The maximum Gasteiger partial charge on any atom is 0.0477 e. The second-order valence-corrected chi connectivity index (χ2v) is 7.42. The van der Waals surface area contributed by atoms with Crippen LogP contribution in [0.15, 0.2) is 41.1 Å². The molecule has 3 rings (SSSR count). The average Bonchev–Trinajstić information content (AvgIpc) is 2.85. The molecular weight excluding hydrogens is 276 g/mol. The first-order chi connectivity index (χ1) is 10.1. The van der Waals surface area contributed by atoms with Gasteiger partial charge in [0.15, 0.2) is 0 Å². The van der Waals surface area contributed by atoms with Crippen molar-refractivity contribution in [1.82, 2.24) is 10.2 Å². The van der Waals surface area contributed by atoms with Gasteiger partial charge in [-0.05, 0) is 48.2 Å². The minimum Gasteiger partial charge on any atom is -0.309 e. The number of nitrogens with one attached hydrogen (secondary N) is 1. The first-order valence-electron chi connectivity index (χ1n) is 7.61. The molecular formula is C18H24N2S. The summed E-state index contributed by atoms with van der Waals surface area (Å²) in [4.78, 5) is 2.63. The number of nitrogens with zero attached hydrogens (tertiary/aromatic N) is 1. The highest BCUT2D eigenvalue weighted by atomic mass is 32.1. The van der Waals surface area contributed by atoms with Gasteiger partial charge < -0.3 is 5.32 Å². The van der Waals surface area contributed by atoms with E-state index in [2.05, 4.69) is 72.1 Å². The zero-order valence-electron chi connectivity index (χ0n) is 13.1. The highest BCUT2D eigenvalue weighted by Crippen LogP contribution is 2.29. The first-order valence-corrected chi connectivity index (χ1v) is 8.55. The molecule has 1 unspecified atom stereocenters. The summed E-state index contributed by atoms with van der Waals surface area (Å²) in [6, 6.07) is 11.3. The Balaban J connectivity index is 1.85. The van der Waals surface area contributed by atoms with E-state index in [1.54, 1.807) is 0 Å². The fourth-order valence-corrected chi connectivity index (χ4v) is 3.96. The molecule has 1 fully saturated rings. The largest absolute Gasteiger partial charge is 0.309 e. The van der Waals surface area contributed by atoms with E-state index in [1.807, 2.05) is 11.3 Å². The van der Waals surface area contributed by atoms with Gasteiger partial charge in [0.25, 0.3) is 0 Å². The Morgan fingerprint density at radius 3 is 2.67 bits per heavy atom. The van der Waals surface area contributed by atoms with E-state index in [-0.39, 0.29) is 5.54 Å². The third-order valence-corrected chi connectivity index (χ3v) is 5.24. The van der Waals surface area contributed by atoms with Gasteiger partial charge in [0, 0.05) is 31.2 Å². The Hall–Kier alpha value is -1.16. The second-order valence-electron chi connectivity index (χ2n) is 6.68. The molecule has 1 aliphatic heterocycles. The summed E-state index contributed by atoms with van der Waals surface area (Å²) in [7, 11) is 0. The van der Waals surface area contributed by atoms with Crippen LogP contribution >= 0.6 is 11.3 Å². The second kappa shape index (κ2) is 5.91. The van der Waals surface area contributed by atoms with Gasteiger partial charge in [-0.2, -0.15) is 11.3 Å². The molecule has 1 N–H and O–H groups in total. The van der Waals surface area contributed by atoms with E-state index in [0.29, 0.717) is 6.04 Å². The van der Waals surface area contributed by atoms with Crippen molar-refractivity contribution in [1.29, 1.82) is 0 Å². The van der Waals surface area contributed by atoms with Crippen LogP contribution in [0, 0.1) is 6.92 Å². The van der Waals surface area contributed by atoms with Gasteiger partial charge in [0.2, 0.25) is 0 Å². The van der Waals surface area contributed by atoms with Crippen molar-refractivity contribution in [3.05, 3.63) is 57.8 Å². The zero-order chi connectivity index (χ0) is 14.9. The summed E-state index contributed by atoms with van der Waals surface area (Å²) >= 11 is 1.81. The monoisotopic (exact) mass is 300 g/mol. The number of hydrogen-bond acceptors (Lipinski definition) is 3. The van der Waals surface area contributed by atoms with E-state index >= 15 is 0 Å². The molecule has 2 heterocycles. The highest BCUT2D eigenvalue weighted by molar-refractivity contribution is 7.08. The topological polar surface area (TPSA) is 15.3 Å². The predicted molar refractivity (Wildman–Crippen MR) is 90.7 cm³/mol. The highest BCUT2D eigenvalue weighted by Gasteiger charge is 2.33. The third kappa shape index (κ3) is 3.37. The molecule has 0 radical (unpaired) electrons. The fourth-order valence-electron chi connectivity index (χ4n) is 3.11. The normalized spacial score (nSPS) is 22.3. The molecule has 1 aromatic heterocycles. The van der Waals surface area contributed by atoms with Crippen molar-refractivity contribution >= 4 is 11.3 Å².